The van der Waals surface area contributed by atoms with Crippen molar-refractivity contribution in [2.45, 2.75) is 44.4 Å². The first-order valence-corrected chi connectivity index (χ1v) is 6.55. The van der Waals surface area contributed by atoms with E-state index in [0.29, 0.717) is 5.92 Å². The van der Waals surface area contributed by atoms with Crippen LogP contribution in [0.5, 0.6) is 0 Å². The van der Waals surface area contributed by atoms with Gasteiger partial charge in [0.15, 0.2) is 0 Å². The van der Waals surface area contributed by atoms with E-state index in [-0.39, 0.29) is 0 Å². The largest absolute Gasteiger partial charge is 0.320 e. The summed E-state index contributed by atoms with van der Waals surface area (Å²) in [6.07, 6.45) is 5.44. The second-order valence-electron chi connectivity index (χ2n) is 5.09. The number of hydrogen-bond acceptors (Lipinski definition) is 1. The molecule has 1 aliphatic rings. The standard InChI is InChI=1S/C15H23N/c1-12(10-11-16-2)13-6-8-15(9-7-13)14-4-3-5-14/h6-9,12,14,16H,3-5,10-11H2,1-2H3. The summed E-state index contributed by atoms with van der Waals surface area (Å²) in [5.41, 5.74) is 3.04. The van der Waals surface area contributed by atoms with Crippen molar-refractivity contribution in [3.63, 3.8) is 0 Å². The summed E-state index contributed by atoms with van der Waals surface area (Å²) < 4.78 is 0. The lowest BCUT2D eigenvalue weighted by Gasteiger charge is -2.26. The van der Waals surface area contributed by atoms with Crippen LogP contribution in [-0.2, 0) is 0 Å². The van der Waals surface area contributed by atoms with Gasteiger partial charge >= 0.3 is 0 Å². The molecule has 1 nitrogen and oxygen atoms in total. The van der Waals surface area contributed by atoms with E-state index < -0.39 is 0 Å². The first-order valence-electron chi connectivity index (χ1n) is 6.55. The van der Waals surface area contributed by atoms with Gasteiger partial charge in [0.2, 0.25) is 0 Å². The molecule has 0 amide bonds. The van der Waals surface area contributed by atoms with Gasteiger partial charge in [-0.3, -0.25) is 0 Å². The highest BCUT2D eigenvalue weighted by molar-refractivity contribution is 5.28. The molecule has 0 radical (unpaired) electrons. The molecular weight excluding hydrogens is 194 g/mol. The Morgan fingerprint density at radius 1 is 1.25 bits per heavy atom. The van der Waals surface area contributed by atoms with Crippen molar-refractivity contribution in [2.75, 3.05) is 13.6 Å². The Kier molecular flexibility index (Phi) is 4.00. The lowest BCUT2D eigenvalue weighted by molar-refractivity contribution is 0.419. The fourth-order valence-corrected chi connectivity index (χ4v) is 2.37. The van der Waals surface area contributed by atoms with Crippen LogP contribution < -0.4 is 5.32 Å². The zero-order valence-electron chi connectivity index (χ0n) is 10.5. The fraction of sp³-hybridized carbons (Fsp3) is 0.600. The van der Waals surface area contributed by atoms with Crippen LogP contribution in [-0.4, -0.2) is 13.6 Å². The molecule has 0 bridgehead atoms. The van der Waals surface area contributed by atoms with Gasteiger partial charge in [0.05, 0.1) is 0 Å². The molecule has 1 aromatic carbocycles. The zero-order valence-corrected chi connectivity index (χ0v) is 10.5. The molecule has 2 rings (SSSR count). The second-order valence-corrected chi connectivity index (χ2v) is 5.09. The van der Waals surface area contributed by atoms with Crippen LogP contribution in [0.2, 0.25) is 0 Å². The summed E-state index contributed by atoms with van der Waals surface area (Å²) >= 11 is 0. The van der Waals surface area contributed by atoms with Crippen molar-refractivity contribution in [3.05, 3.63) is 35.4 Å². The van der Waals surface area contributed by atoms with Crippen LogP contribution in [0.4, 0.5) is 0 Å². The fourth-order valence-electron chi connectivity index (χ4n) is 2.37. The minimum atomic E-state index is 0.669. The van der Waals surface area contributed by atoms with Crippen LogP contribution in [0.15, 0.2) is 24.3 Å². The summed E-state index contributed by atoms with van der Waals surface area (Å²) in [5, 5.41) is 3.22. The molecule has 1 N–H and O–H groups in total. The smallest absolute Gasteiger partial charge is 0.00462 e. The monoisotopic (exact) mass is 217 g/mol. The Labute approximate surface area is 99.3 Å². The number of nitrogens with one attached hydrogen (secondary N) is 1. The average molecular weight is 217 g/mol. The Morgan fingerprint density at radius 3 is 2.44 bits per heavy atom. The lowest BCUT2D eigenvalue weighted by atomic mass is 9.79. The van der Waals surface area contributed by atoms with E-state index in [2.05, 4.69) is 36.5 Å². The van der Waals surface area contributed by atoms with Crippen molar-refractivity contribution in [2.24, 2.45) is 0 Å². The Balaban J connectivity index is 1.95. The summed E-state index contributed by atoms with van der Waals surface area (Å²) in [5.74, 6) is 1.53. The van der Waals surface area contributed by atoms with E-state index in [1.54, 1.807) is 5.56 Å². The normalized spacial score (nSPS) is 18.1. The minimum absolute atomic E-state index is 0.669. The number of benzene rings is 1. The Hall–Kier alpha value is -0.820. The van der Waals surface area contributed by atoms with Crippen molar-refractivity contribution >= 4 is 0 Å². The average Bonchev–Trinajstić information content (AvgIpc) is 2.24. The number of hydrogen-bond donors (Lipinski definition) is 1. The summed E-state index contributed by atoms with van der Waals surface area (Å²) in [7, 11) is 2.02. The van der Waals surface area contributed by atoms with Gasteiger partial charge in [0.1, 0.15) is 0 Å². The molecule has 0 saturated heterocycles. The Bertz CT molecular complexity index is 311. The highest BCUT2D eigenvalue weighted by Gasteiger charge is 2.19. The SMILES string of the molecule is CNCCC(C)c1ccc(C2CCC2)cc1. The van der Waals surface area contributed by atoms with Crippen LogP contribution in [0, 0.1) is 0 Å². The van der Waals surface area contributed by atoms with Gasteiger partial charge in [-0.25, -0.2) is 0 Å². The van der Waals surface area contributed by atoms with Gasteiger partial charge in [-0.1, -0.05) is 37.6 Å². The molecule has 0 aromatic heterocycles. The topological polar surface area (TPSA) is 12.0 Å². The quantitative estimate of drug-likeness (QED) is 0.793. The first kappa shape index (κ1) is 11.7. The van der Waals surface area contributed by atoms with E-state index in [4.69, 9.17) is 0 Å². The molecule has 16 heavy (non-hydrogen) atoms. The van der Waals surface area contributed by atoms with Crippen LogP contribution in [0.25, 0.3) is 0 Å². The van der Waals surface area contributed by atoms with Gasteiger partial charge in [0.25, 0.3) is 0 Å². The predicted octanol–water partition coefficient (Wildman–Crippen LogP) is 3.67. The number of rotatable bonds is 5. The molecule has 1 aromatic rings. The molecule has 1 unspecified atom stereocenters. The van der Waals surface area contributed by atoms with Crippen LogP contribution in [0.3, 0.4) is 0 Å². The molecule has 88 valence electrons. The molecular formula is C15H23N. The highest BCUT2D eigenvalue weighted by atomic mass is 14.8. The third kappa shape index (κ3) is 2.65. The van der Waals surface area contributed by atoms with Crippen molar-refractivity contribution < 1.29 is 0 Å². The maximum Gasteiger partial charge on any atom is -0.00462 e. The predicted molar refractivity (Wildman–Crippen MR) is 70.0 cm³/mol. The van der Waals surface area contributed by atoms with Gasteiger partial charge < -0.3 is 5.32 Å². The van der Waals surface area contributed by atoms with E-state index >= 15 is 0 Å². The molecule has 1 atom stereocenters. The maximum absolute atomic E-state index is 3.22. The second kappa shape index (κ2) is 5.49. The third-order valence-electron chi connectivity index (χ3n) is 3.91. The van der Waals surface area contributed by atoms with E-state index in [0.717, 1.165) is 12.5 Å². The van der Waals surface area contributed by atoms with Crippen molar-refractivity contribution in [3.8, 4) is 0 Å². The molecule has 0 heterocycles. The van der Waals surface area contributed by atoms with Crippen molar-refractivity contribution in [1.82, 2.24) is 5.32 Å². The van der Waals surface area contributed by atoms with Crippen LogP contribution in [0.1, 0.15) is 55.6 Å². The molecule has 1 fully saturated rings. The van der Waals surface area contributed by atoms with Gasteiger partial charge in [0, 0.05) is 0 Å². The molecule has 1 aliphatic carbocycles. The van der Waals surface area contributed by atoms with Gasteiger partial charge in [-0.15, -0.1) is 0 Å². The minimum Gasteiger partial charge on any atom is -0.320 e. The van der Waals surface area contributed by atoms with E-state index in [9.17, 15) is 0 Å². The van der Waals surface area contributed by atoms with E-state index in [1.807, 2.05) is 7.05 Å². The third-order valence-corrected chi connectivity index (χ3v) is 3.91. The molecule has 0 spiro atoms. The first-order chi connectivity index (χ1) is 7.81. The van der Waals surface area contributed by atoms with Crippen LogP contribution >= 0.6 is 0 Å². The van der Waals surface area contributed by atoms with E-state index in [1.165, 1.54) is 31.2 Å². The van der Waals surface area contributed by atoms with Crippen molar-refractivity contribution in [1.29, 1.82) is 0 Å². The lowest BCUT2D eigenvalue weighted by Crippen LogP contribution is -2.11. The Morgan fingerprint density at radius 2 is 1.94 bits per heavy atom. The summed E-state index contributed by atoms with van der Waals surface area (Å²) in [4.78, 5) is 0. The molecule has 1 saturated carbocycles. The summed E-state index contributed by atoms with van der Waals surface area (Å²) in [6, 6.07) is 9.34. The zero-order chi connectivity index (χ0) is 11.4. The highest BCUT2D eigenvalue weighted by Crippen LogP contribution is 2.36. The molecule has 1 heteroatoms. The molecule has 0 aliphatic heterocycles. The maximum atomic E-state index is 3.22. The van der Waals surface area contributed by atoms with Gasteiger partial charge in [-0.05, 0) is 55.8 Å². The van der Waals surface area contributed by atoms with Gasteiger partial charge in [-0.2, -0.15) is 0 Å². The summed E-state index contributed by atoms with van der Waals surface area (Å²) in [6.45, 7) is 3.42.